The first-order valence-electron chi connectivity index (χ1n) is 6.79. The Balaban J connectivity index is 2.26. The summed E-state index contributed by atoms with van der Waals surface area (Å²) in [5.41, 5.74) is 2.04. The van der Waals surface area contributed by atoms with Gasteiger partial charge in [0.05, 0.1) is 6.54 Å². The van der Waals surface area contributed by atoms with Gasteiger partial charge in [0.1, 0.15) is 0 Å². The molecule has 3 N–H and O–H groups in total. The molecule has 0 aliphatic carbocycles. The minimum absolute atomic E-state index is 0.0134. The zero-order chi connectivity index (χ0) is 15.0. The number of carboxylic acid groups (broad SMARTS) is 1. The maximum Gasteiger partial charge on any atom is 0.303 e. The number of hydrogen-bond donors (Lipinski definition) is 3. The molecule has 0 aromatic heterocycles. The third-order valence-electron chi connectivity index (χ3n) is 3.02. The number of hydrogen-bond acceptors (Lipinski definition) is 3. The summed E-state index contributed by atoms with van der Waals surface area (Å²) in [6, 6.07) is 7.76. The standard InChI is InChI=1S/C15H22N2O3/c1-11-6-3-4-8-13(11)16-10-14(18)17-12(2)7-5-9-15(19)20/h3-4,6,8,12,16H,5,7,9-10H2,1-2H3,(H,17,18)(H,19,20). The average molecular weight is 278 g/mol. The van der Waals surface area contributed by atoms with Crippen molar-refractivity contribution in [1.29, 1.82) is 0 Å². The number of benzene rings is 1. The van der Waals surface area contributed by atoms with Crippen LogP contribution >= 0.6 is 0 Å². The van der Waals surface area contributed by atoms with E-state index >= 15 is 0 Å². The van der Waals surface area contributed by atoms with Crippen molar-refractivity contribution in [3.05, 3.63) is 29.8 Å². The molecule has 0 spiro atoms. The number of nitrogens with one attached hydrogen (secondary N) is 2. The summed E-state index contributed by atoms with van der Waals surface area (Å²) in [6.45, 7) is 4.08. The van der Waals surface area contributed by atoms with Crippen molar-refractivity contribution in [3.63, 3.8) is 0 Å². The Morgan fingerprint density at radius 1 is 1.30 bits per heavy atom. The first kappa shape index (κ1) is 16.0. The maximum atomic E-state index is 11.7. The number of para-hydroxylation sites is 1. The number of aliphatic carboxylic acids is 1. The Bertz CT molecular complexity index is 460. The van der Waals surface area contributed by atoms with Gasteiger partial charge in [-0.15, -0.1) is 0 Å². The predicted molar refractivity (Wildman–Crippen MR) is 78.8 cm³/mol. The van der Waals surface area contributed by atoms with Crippen LogP contribution in [0.2, 0.25) is 0 Å². The van der Waals surface area contributed by atoms with Crippen LogP contribution < -0.4 is 10.6 Å². The average Bonchev–Trinajstić information content (AvgIpc) is 2.37. The molecule has 1 aromatic rings. The number of rotatable bonds is 8. The number of carboxylic acids is 1. The smallest absolute Gasteiger partial charge is 0.303 e. The molecule has 1 atom stereocenters. The normalized spacial score (nSPS) is 11.7. The van der Waals surface area contributed by atoms with Crippen LogP contribution in [-0.4, -0.2) is 29.6 Å². The number of carbonyl (C=O) groups excluding carboxylic acids is 1. The molecule has 0 fully saturated rings. The lowest BCUT2D eigenvalue weighted by Gasteiger charge is -2.14. The highest BCUT2D eigenvalue weighted by Crippen LogP contribution is 2.12. The molecule has 5 nitrogen and oxygen atoms in total. The Morgan fingerprint density at radius 2 is 2.00 bits per heavy atom. The van der Waals surface area contributed by atoms with Gasteiger partial charge >= 0.3 is 5.97 Å². The topological polar surface area (TPSA) is 78.4 Å². The molecular weight excluding hydrogens is 256 g/mol. The van der Waals surface area contributed by atoms with Crippen LogP contribution in [0.25, 0.3) is 0 Å². The minimum atomic E-state index is -0.801. The molecule has 0 radical (unpaired) electrons. The predicted octanol–water partition coefficient (Wildman–Crippen LogP) is 2.17. The van der Waals surface area contributed by atoms with E-state index in [0.717, 1.165) is 11.3 Å². The van der Waals surface area contributed by atoms with E-state index < -0.39 is 5.97 Å². The summed E-state index contributed by atoms with van der Waals surface area (Å²) < 4.78 is 0. The molecule has 1 amide bonds. The summed E-state index contributed by atoms with van der Waals surface area (Å²) in [5.74, 6) is -0.888. The van der Waals surface area contributed by atoms with Crippen LogP contribution in [0.3, 0.4) is 0 Å². The lowest BCUT2D eigenvalue weighted by molar-refractivity contribution is -0.137. The first-order valence-corrected chi connectivity index (χ1v) is 6.79. The molecule has 0 bridgehead atoms. The Labute approximate surface area is 119 Å². The zero-order valence-electron chi connectivity index (χ0n) is 12.0. The summed E-state index contributed by atoms with van der Waals surface area (Å²) in [7, 11) is 0. The quantitative estimate of drug-likeness (QED) is 0.681. The first-order chi connectivity index (χ1) is 9.49. The zero-order valence-corrected chi connectivity index (χ0v) is 12.0. The van der Waals surface area contributed by atoms with Crippen molar-refractivity contribution < 1.29 is 14.7 Å². The highest BCUT2D eigenvalue weighted by molar-refractivity contribution is 5.81. The molecule has 0 saturated carbocycles. The van der Waals surface area contributed by atoms with Gasteiger partial charge in [-0.3, -0.25) is 9.59 Å². The van der Waals surface area contributed by atoms with Crippen LogP contribution in [0, 0.1) is 6.92 Å². The second-order valence-corrected chi connectivity index (χ2v) is 4.92. The number of amides is 1. The van der Waals surface area contributed by atoms with Crippen molar-refractivity contribution in [2.75, 3.05) is 11.9 Å². The van der Waals surface area contributed by atoms with E-state index in [1.165, 1.54) is 0 Å². The second kappa shape index (κ2) is 8.19. The van der Waals surface area contributed by atoms with Crippen molar-refractivity contribution in [1.82, 2.24) is 5.32 Å². The minimum Gasteiger partial charge on any atom is -0.481 e. The largest absolute Gasteiger partial charge is 0.481 e. The van der Waals surface area contributed by atoms with Crippen LogP contribution in [0.5, 0.6) is 0 Å². The molecule has 20 heavy (non-hydrogen) atoms. The van der Waals surface area contributed by atoms with E-state index in [-0.39, 0.29) is 24.9 Å². The fourth-order valence-corrected chi connectivity index (χ4v) is 1.90. The van der Waals surface area contributed by atoms with Gasteiger partial charge in [-0.05, 0) is 38.3 Å². The Kier molecular flexibility index (Phi) is 6.56. The summed E-state index contributed by atoms with van der Waals surface area (Å²) >= 11 is 0. The molecular formula is C15H22N2O3. The summed E-state index contributed by atoms with van der Waals surface area (Å²) in [5, 5.41) is 14.5. The lowest BCUT2D eigenvalue weighted by Crippen LogP contribution is -2.36. The van der Waals surface area contributed by atoms with E-state index in [2.05, 4.69) is 10.6 Å². The van der Waals surface area contributed by atoms with Crippen LogP contribution in [-0.2, 0) is 9.59 Å². The van der Waals surface area contributed by atoms with Gasteiger partial charge in [0.2, 0.25) is 5.91 Å². The van der Waals surface area contributed by atoms with Gasteiger partial charge in [0.25, 0.3) is 0 Å². The third kappa shape index (κ3) is 6.22. The van der Waals surface area contributed by atoms with E-state index in [1.54, 1.807) is 0 Å². The molecule has 0 aliphatic rings. The van der Waals surface area contributed by atoms with Gasteiger partial charge in [0, 0.05) is 18.2 Å². The summed E-state index contributed by atoms with van der Waals surface area (Å²) in [6.07, 6.45) is 1.38. The fraction of sp³-hybridized carbons (Fsp3) is 0.467. The fourth-order valence-electron chi connectivity index (χ4n) is 1.90. The molecule has 1 unspecified atom stereocenters. The monoisotopic (exact) mass is 278 g/mol. The van der Waals surface area contributed by atoms with Crippen molar-refractivity contribution in [3.8, 4) is 0 Å². The second-order valence-electron chi connectivity index (χ2n) is 4.92. The van der Waals surface area contributed by atoms with Gasteiger partial charge in [0.15, 0.2) is 0 Å². The molecule has 5 heteroatoms. The van der Waals surface area contributed by atoms with E-state index in [9.17, 15) is 9.59 Å². The Hall–Kier alpha value is -2.04. The van der Waals surface area contributed by atoms with Crippen LogP contribution in [0.15, 0.2) is 24.3 Å². The van der Waals surface area contributed by atoms with Crippen LogP contribution in [0.1, 0.15) is 31.7 Å². The molecule has 1 rings (SSSR count). The highest BCUT2D eigenvalue weighted by atomic mass is 16.4. The number of carbonyl (C=O) groups is 2. The van der Waals surface area contributed by atoms with Gasteiger partial charge < -0.3 is 15.7 Å². The number of aryl methyl sites for hydroxylation is 1. The number of anilines is 1. The highest BCUT2D eigenvalue weighted by Gasteiger charge is 2.08. The molecule has 0 saturated heterocycles. The summed E-state index contributed by atoms with van der Waals surface area (Å²) in [4.78, 5) is 22.1. The van der Waals surface area contributed by atoms with Crippen molar-refractivity contribution in [2.24, 2.45) is 0 Å². The van der Waals surface area contributed by atoms with Crippen molar-refractivity contribution >= 4 is 17.6 Å². The van der Waals surface area contributed by atoms with Gasteiger partial charge in [-0.2, -0.15) is 0 Å². The molecule has 1 aromatic carbocycles. The van der Waals surface area contributed by atoms with E-state index in [1.807, 2.05) is 38.1 Å². The SMILES string of the molecule is Cc1ccccc1NCC(=O)NC(C)CCCC(=O)O. The molecule has 0 heterocycles. The van der Waals surface area contributed by atoms with E-state index in [4.69, 9.17) is 5.11 Å². The van der Waals surface area contributed by atoms with Crippen LogP contribution in [0.4, 0.5) is 5.69 Å². The lowest BCUT2D eigenvalue weighted by atomic mass is 10.1. The molecule has 110 valence electrons. The van der Waals surface area contributed by atoms with E-state index in [0.29, 0.717) is 12.8 Å². The Morgan fingerprint density at radius 3 is 2.65 bits per heavy atom. The van der Waals surface area contributed by atoms with Gasteiger partial charge in [-0.25, -0.2) is 0 Å². The van der Waals surface area contributed by atoms with Gasteiger partial charge in [-0.1, -0.05) is 18.2 Å². The third-order valence-corrected chi connectivity index (χ3v) is 3.02. The maximum absolute atomic E-state index is 11.7. The molecule has 0 aliphatic heterocycles. The van der Waals surface area contributed by atoms with Crippen molar-refractivity contribution in [2.45, 2.75) is 39.2 Å².